The van der Waals surface area contributed by atoms with Crippen LogP contribution in [-0.2, 0) is 107 Å². The van der Waals surface area contributed by atoms with E-state index in [1.165, 1.54) is 0 Å². The second-order valence-corrected chi connectivity index (χ2v) is 9.84. The van der Waals surface area contributed by atoms with E-state index >= 15 is 0 Å². The maximum absolute atomic E-state index is 9.29. The zero-order valence-electron chi connectivity index (χ0n) is 6.28. The van der Waals surface area contributed by atoms with Gasteiger partial charge in [-0.3, -0.25) is 0 Å². The molecule has 0 unspecified atom stereocenters. The van der Waals surface area contributed by atoms with Gasteiger partial charge in [0.25, 0.3) is 0 Å². The van der Waals surface area contributed by atoms with Crippen molar-refractivity contribution in [1.82, 2.24) is 0 Å². The van der Waals surface area contributed by atoms with Crippen molar-refractivity contribution >= 4 is 59.5 Å². The molecule has 0 aliphatic heterocycles. The summed E-state index contributed by atoms with van der Waals surface area (Å²) in [4.78, 5) is 37.2. The van der Waals surface area contributed by atoms with E-state index in [1.54, 1.807) is 0 Å². The van der Waals surface area contributed by atoms with Crippen LogP contribution in [-0.4, -0.2) is 0 Å². The topological polar surface area (TPSA) is 92.2 Å². The maximum atomic E-state index is 9.29. The molecule has 13 heavy (non-hydrogen) atoms. The van der Waals surface area contributed by atoms with Crippen molar-refractivity contribution in [1.29, 1.82) is 0 Å². The summed E-state index contributed by atoms with van der Waals surface area (Å²) in [5.41, 5.74) is -7.44. The molecule has 0 aliphatic carbocycles. The molecular formula is O4P2S4Zn3. The summed E-state index contributed by atoms with van der Waals surface area (Å²) >= 11 is 14.6. The van der Waals surface area contributed by atoms with Crippen LogP contribution in [0.4, 0.5) is 0 Å². The second kappa shape index (κ2) is 13.8. The molecule has 0 rings (SSSR count). The molecule has 0 saturated carbocycles. The summed E-state index contributed by atoms with van der Waals surface area (Å²) in [6, 6.07) is 0. The van der Waals surface area contributed by atoms with Crippen LogP contribution in [0, 0.1) is 0 Å². The van der Waals surface area contributed by atoms with Gasteiger partial charge in [0.15, 0.2) is 0 Å². The second-order valence-electron chi connectivity index (χ2n) is 0.894. The molecule has 0 amide bonds. The Morgan fingerprint density at radius 1 is 0.692 bits per heavy atom. The zero-order valence-corrected chi connectivity index (χ0v) is 20.2. The third kappa shape index (κ3) is 215. The predicted molar refractivity (Wildman–Crippen MR) is 43.3 cm³/mol. The Kier molecular flexibility index (Phi) is 31.9. The first-order valence-corrected chi connectivity index (χ1v) is 8.76. The fourth-order valence-electron chi connectivity index (χ4n) is 0. The molecule has 0 radical (unpaired) electrons. The summed E-state index contributed by atoms with van der Waals surface area (Å²) in [6.45, 7) is 0. The van der Waals surface area contributed by atoms with Gasteiger partial charge in [0.2, 0.25) is 0 Å². The first-order chi connectivity index (χ1) is 4.00. The molecular weight excluding hydrogens is 450 g/mol. The predicted octanol–water partition coefficient (Wildman–Crippen LogP) is -3.05. The van der Waals surface area contributed by atoms with Crippen LogP contribution in [0.2, 0.25) is 0 Å². The summed E-state index contributed by atoms with van der Waals surface area (Å²) in [5.74, 6) is 0. The molecule has 0 N–H and O–H groups in total. The van der Waals surface area contributed by atoms with E-state index in [4.69, 9.17) is 0 Å². The van der Waals surface area contributed by atoms with Gasteiger partial charge in [-0.1, -0.05) is 0 Å². The van der Waals surface area contributed by atoms with Gasteiger partial charge in [0, 0.05) is 0 Å². The number of hydrogen-bond donors (Lipinski definition) is 0. The van der Waals surface area contributed by atoms with Gasteiger partial charge in [0.05, 0.1) is 0 Å². The number of rotatable bonds is 0. The maximum Gasteiger partial charge on any atom is 2.00 e. The summed E-state index contributed by atoms with van der Waals surface area (Å²) in [7, 11) is 0. The van der Waals surface area contributed by atoms with Crippen molar-refractivity contribution in [2.24, 2.45) is 0 Å². The van der Waals surface area contributed by atoms with Gasteiger partial charge in [-0.15, -0.1) is 0 Å². The van der Waals surface area contributed by atoms with Crippen LogP contribution in [0.25, 0.3) is 0 Å². The zero-order chi connectivity index (χ0) is 9.00. The first-order valence-electron chi connectivity index (χ1n) is 1.46. The quantitative estimate of drug-likeness (QED) is 0.219. The molecule has 13 heteroatoms. The van der Waals surface area contributed by atoms with Gasteiger partial charge in [-0.2, -0.15) is 23.6 Å². The van der Waals surface area contributed by atoms with Gasteiger partial charge >= 0.3 is 58.4 Å². The summed E-state index contributed by atoms with van der Waals surface area (Å²) < 4.78 is 0. The third-order valence-electron chi connectivity index (χ3n) is 0. The van der Waals surface area contributed by atoms with Crippen LogP contribution < -0.4 is 19.6 Å². The molecule has 0 aromatic rings. The van der Waals surface area contributed by atoms with Crippen LogP contribution in [0.3, 0.4) is 0 Å². The standard InChI is InChI=1S/2H3O2PS2.3Zn/c2*1-3(2,4)5;;;/h2*(H3,1,2,4,5);;;/q;;3*+2/p-6. The Morgan fingerprint density at radius 2 is 0.692 bits per heavy atom. The van der Waals surface area contributed by atoms with Crippen LogP contribution >= 0.6 is 11.4 Å². The first kappa shape index (κ1) is 30.1. The van der Waals surface area contributed by atoms with Crippen molar-refractivity contribution in [2.75, 3.05) is 0 Å². The van der Waals surface area contributed by atoms with E-state index in [2.05, 4.69) is 48.1 Å². The van der Waals surface area contributed by atoms with Gasteiger partial charge in [0.1, 0.15) is 0 Å². The fourth-order valence-corrected chi connectivity index (χ4v) is 0. The molecule has 0 atom stereocenters. The minimum absolute atomic E-state index is 0. The molecule has 0 aromatic carbocycles. The SMILES string of the molecule is [O-]P([O-])(=S)[S-].[O-]P([O-])(=S)[S-].[Zn+2].[Zn+2].[Zn+2]. The monoisotopic (exact) mass is 446 g/mol. The van der Waals surface area contributed by atoms with E-state index in [0.717, 1.165) is 0 Å². The van der Waals surface area contributed by atoms with Gasteiger partial charge in [-0.25, -0.2) is 0 Å². The van der Waals surface area contributed by atoms with Crippen molar-refractivity contribution in [3.05, 3.63) is 0 Å². The normalized spacial score (nSPS) is 9.08. The smallest absolute Gasteiger partial charge is 0.850 e. The summed E-state index contributed by atoms with van der Waals surface area (Å²) in [5, 5.41) is 0. The molecule has 4 nitrogen and oxygen atoms in total. The molecule has 0 heterocycles. The number of hydrogen-bond acceptors (Lipinski definition) is 8. The van der Waals surface area contributed by atoms with Crippen LogP contribution in [0.15, 0.2) is 0 Å². The Balaban J connectivity index is -0.0000000267. The molecule has 0 bridgehead atoms. The van der Waals surface area contributed by atoms with E-state index in [0.29, 0.717) is 0 Å². The van der Waals surface area contributed by atoms with Crippen LogP contribution in [0.1, 0.15) is 0 Å². The Bertz CT molecular complexity index is 138. The molecule has 0 saturated heterocycles. The average Bonchev–Trinajstić information content (AvgIpc) is 1.12. The molecule has 0 aromatic heterocycles. The molecule has 64 valence electrons. The molecule has 0 spiro atoms. The van der Waals surface area contributed by atoms with Crippen molar-refractivity contribution in [3.63, 3.8) is 0 Å². The van der Waals surface area contributed by atoms with Crippen molar-refractivity contribution in [3.8, 4) is 0 Å². The molecule has 0 aliphatic rings. The third-order valence-corrected chi connectivity index (χ3v) is 0. The van der Waals surface area contributed by atoms with Crippen LogP contribution in [0.5, 0.6) is 0 Å². The molecule has 0 fully saturated rings. The summed E-state index contributed by atoms with van der Waals surface area (Å²) in [6.07, 6.45) is 0. The van der Waals surface area contributed by atoms with Gasteiger partial charge < -0.3 is 55.5 Å². The average molecular weight is 450 g/mol. The Labute approximate surface area is 136 Å². The van der Waals surface area contributed by atoms with Crippen molar-refractivity contribution < 1.29 is 78.0 Å². The van der Waals surface area contributed by atoms with E-state index < -0.39 is 11.4 Å². The van der Waals surface area contributed by atoms with E-state index in [-0.39, 0.29) is 58.4 Å². The van der Waals surface area contributed by atoms with Gasteiger partial charge in [-0.05, 0) is 0 Å². The van der Waals surface area contributed by atoms with E-state index in [9.17, 15) is 19.6 Å². The van der Waals surface area contributed by atoms with Crippen molar-refractivity contribution in [2.45, 2.75) is 0 Å². The Hall–Kier alpha value is 3.71. The fraction of sp³-hybridized carbons (Fsp3) is 0. The minimum Gasteiger partial charge on any atom is -0.850 e. The Morgan fingerprint density at radius 3 is 0.692 bits per heavy atom. The largest absolute Gasteiger partial charge is 2.00 e. The van der Waals surface area contributed by atoms with E-state index in [1.807, 2.05) is 0 Å². The minimum atomic E-state index is -3.72.